The van der Waals surface area contributed by atoms with Gasteiger partial charge in [-0.2, -0.15) is 13.2 Å². The number of nitrogens with two attached hydrogens (primary N) is 1. The minimum atomic E-state index is -4.83. The Morgan fingerprint density at radius 2 is 1.60 bits per heavy atom. The summed E-state index contributed by atoms with van der Waals surface area (Å²) in [7, 11) is -4.48. The topological polar surface area (TPSA) is 75.4 Å². The summed E-state index contributed by atoms with van der Waals surface area (Å²) in [5, 5.41) is 7.92. The summed E-state index contributed by atoms with van der Waals surface area (Å²) >= 11 is 0. The summed E-state index contributed by atoms with van der Waals surface area (Å²) in [5.41, 5.74) is 1.03. The van der Waals surface area contributed by atoms with Crippen molar-refractivity contribution in [3.05, 3.63) is 59.2 Å². The molecule has 0 amide bonds. The van der Waals surface area contributed by atoms with E-state index in [1.54, 1.807) is 0 Å². The number of benzene rings is 2. The fourth-order valence-electron chi connectivity index (χ4n) is 3.73. The number of anilines is 1. The quantitative estimate of drug-likeness (QED) is 0.699. The minimum absolute atomic E-state index is 0.180. The lowest BCUT2D eigenvalue weighted by Gasteiger charge is -2.22. The number of hydrogen-bond acceptors (Lipinski definition) is 4. The molecule has 0 unspecified atom stereocenters. The van der Waals surface area contributed by atoms with E-state index in [1.165, 1.54) is 31.7 Å². The highest BCUT2D eigenvalue weighted by molar-refractivity contribution is 7.89. The van der Waals surface area contributed by atoms with Crippen molar-refractivity contribution in [1.29, 1.82) is 0 Å². The molecule has 30 heavy (non-hydrogen) atoms. The average Bonchev–Trinajstić information content (AvgIpc) is 2.94. The average molecular weight is 442 g/mol. The van der Waals surface area contributed by atoms with Crippen LogP contribution in [0.1, 0.15) is 42.4 Å². The molecule has 2 aromatic carbocycles. The number of alkyl halides is 3. The number of rotatable bonds is 6. The van der Waals surface area contributed by atoms with Crippen molar-refractivity contribution >= 4 is 15.7 Å². The van der Waals surface area contributed by atoms with E-state index in [4.69, 9.17) is 5.14 Å². The van der Waals surface area contributed by atoms with E-state index >= 15 is 0 Å². The highest BCUT2D eigenvalue weighted by atomic mass is 32.2. The highest BCUT2D eigenvalue weighted by Gasteiger charge is 2.36. The molecule has 1 saturated heterocycles. The Labute approximate surface area is 175 Å². The Morgan fingerprint density at radius 3 is 2.20 bits per heavy atom. The molecular formula is C21H26F3N3O2S. The van der Waals surface area contributed by atoms with Crippen molar-refractivity contribution in [3.63, 3.8) is 0 Å². The smallest absolute Gasteiger partial charge is 0.381 e. The van der Waals surface area contributed by atoms with Crippen LogP contribution in [0, 0.1) is 0 Å². The molecular weight excluding hydrogens is 415 g/mol. The van der Waals surface area contributed by atoms with E-state index in [9.17, 15) is 21.6 Å². The first-order chi connectivity index (χ1) is 14.1. The van der Waals surface area contributed by atoms with Crippen molar-refractivity contribution in [2.75, 3.05) is 18.4 Å². The summed E-state index contributed by atoms with van der Waals surface area (Å²) in [6.07, 6.45) is 0.0176. The number of likely N-dealkylation sites (tertiary alicyclic amines) is 1. The molecule has 0 saturated carbocycles. The number of nitrogens with zero attached hydrogens (tertiary/aromatic N) is 1. The first-order valence-corrected chi connectivity index (χ1v) is 11.5. The zero-order chi connectivity index (χ0) is 21.8. The molecule has 0 spiro atoms. The molecule has 1 heterocycles. The van der Waals surface area contributed by atoms with E-state index < -0.39 is 26.7 Å². The summed E-state index contributed by atoms with van der Waals surface area (Å²) in [6.45, 7) is 3.23. The number of sulfonamides is 1. The van der Waals surface area contributed by atoms with Crippen molar-refractivity contribution in [2.24, 2.45) is 5.14 Å². The highest BCUT2D eigenvalue weighted by Crippen LogP contribution is 2.35. The van der Waals surface area contributed by atoms with Gasteiger partial charge in [0.1, 0.15) is 0 Å². The molecule has 3 N–H and O–H groups in total. The summed E-state index contributed by atoms with van der Waals surface area (Å²) in [5.74, 6) is 0. The Balaban J connectivity index is 1.77. The Kier molecular flexibility index (Phi) is 7.05. The maximum absolute atomic E-state index is 13.3. The van der Waals surface area contributed by atoms with Crippen molar-refractivity contribution in [1.82, 2.24) is 4.90 Å². The van der Waals surface area contributed by atoms with Crippen LogP contribution in [0.3, 0.4) is 0 Å². The molecule has 0 aliphatic carbocycles. The molecule has 1 aliphatic rings. The first-order valence-electron chi connectivity index (χ1n) is 9.91. The van der Waals surface area contributed by atoms with Crippen molar-refractivity contribution in [3.8, 4) is 0 Å². The first kappa shape index (κ1) is 22.6. The molecule has 2 aromatic rings. The van der Waals surface area contributed by atoms with Gasteiger partial charge in [-0.05, 0) is 55.3 Å². The van der Waals surface area contributed by atoms with Gasteiger partial charge in [0, 0.05) is 18.8 Å². The van der Waals surface area contributed by atoms with Crippen LogP contribution in [0.5, 0.6) is 0 Å². The van der Waals surface area contributed by atoms with Gasteiger partial charge in [0.15, 0.2) is 0 Å². The third kappa shape index (κ3) is 5.96. The Morgan fingerprint density at radius 1 is 0.967 bits per heavy atom. The minimum Gasteiger partial charge on any atom is -0.381 e. The fourth-order valence-corrected chi connectivity index (χ4v) is 4.47. The Hall–Kier alpha value is -2.10. The zero-order valence-corrected chi connectivity index (χ0v) is 17.4. The van der Waals surface area contributed by atoms with Gasteiger partial charge >= 0.3 is 6.18 Å². The zero-order valence-electron chi connectivity index (χ0n) is 16.6. The lowest BCUT2D eigenvalue weighted by atomic mass is 10.1. The summed E-state index contributed by atoms with van der Waals surface area (Å²) in [6, 6.07) is 10.8. The van der Waals surface area contributed by atoms with Gasteiger partial charge in [0.05, 0.1) is 10.5 Å². The van der Waals surface area contributed by atoms with Crippen LogP contribution in [0.4, 0.5) is 18.9 Å². The SMILES string of the molecule is NS(=O)(=O)c1ccc(NCc2ccccc2CN2CCCCCC2)cc1C(F)(F)F. The van der Waals surface area contributed by atoms with Crippen LogP contribution in [0.2, 0.25) is 0 Å². The molecule has 1 aliphatic heterocycles. The monoisotopic (exact) mass is 441 g/mol. The van der Waals surface area contributed by atoms with Crippen LogP contribution >= 0.6 is 0 Å². The molecule has 1 fully saturated rings. The van der Waals surface area contributed by atoms with Gasteiger partial charge in [-0.1, -0.05) is 37.1 Å². The second-order valence-corrected chi connectivity index (χ2v) is 9.10. The largest absolute Gasteiger partial charge is 0.417 e. The van der Waals surface area contributed by atoms with Gasteiger partial charge < -0.3 is 5.32 Å². The van der Waals surface area contributed by atoms with Gasteiger partial charge in [0.2, 0.25) is 10.0 Å². The maximum Gasteiger partial charge on any atom is 0.417 e. The van der Waals surface area contributed by atoms with Crippen LogP contribution in [0.15, 0.2) is 47.4 Å². The van der Waals surface area contributed by atoms with E-state index in [1.807, 2.05) is 24.3 Å². The van der Waals surface area contributed by atoms with Gasteiger partial charge in [0.25, 0.3) is 0 Å². The molecule has 0 radical (unpaired) electrons. The lowest BCUT2D eigenvalue weighted by molar-refractivity contribution is -0.139. The van der Waals surface area contributed by atoms with Crippen LogP contribution in [0.25, 0.3) is 0 Å². The number of primary sulfonamides is 1. The van der Waals surface area contributed by atoms with Gasteiger partial charge in [-0.3, -0.25) is 4.90 Å². The normalized spacial score (nSPS) is 16.3. The molecule has 9 heteroatoms. The maximum atomic E-state index is 13.3. The number of nitrogens with one attached hydrogen (secondary N) is 1. The summed E-state index contributed by atoms with van der Waals surface area (Å²) < 4.78 is 63.0. The van der Waals surface area contributed by atoms with Gasteiger partial charge in [-0.15, -0.1) is 0 Å². The number of halogens is 3. The molecule has 3 rings (SSSR count). The van der Waals surface area contributed by atoms with Gasteiger partial charge in [-0.25, -0.2) is 13.6 Å². The van der Waals surface area contributed by atoms with Crippen LogP contribution in [-0.2, 0) is 29.3 Å². The number of hydrogen-bond donors (Lipinski definition) is 2. The van der Waals surface area contributed by atoms with E-state index in [2.05, 4.69) is 10.2 Å². The third-order valence-electron chi connectivity index (χ3n) is 5.29. The molecule has 5 nitrogen and oxygen atoms in total. The lowest BCUT2D eigenvalue weighted by Crippen LogP contribution is -2.24. The van der Waals surface area contributed by atoms with E-state index in [0.29, 0.717) is 6.54 Å². The van der Waals surface area contributed by atoms with E-state index in [0.717, 1.165) is 42.9 Å². The second kappa shape index (κ2) is 9.36. The molecule has 0 atom stereocenters. The predicted octanol–water partition coefficient (Wildman–Crippen LogP) is 4.34. The molecule has 164 valence electrons. The van der Waals surface area contributed by atoms with Crippen molar-refractivity contribution in [2.45, 2.75) is 49.8 Å². The molecule has 0 aromatic heterocycles. The van der Waals surface area contributed by atoms with Crippen LogP contribution < -0.4 is 10.5 Å². The van der Waals surface area contributed by atoms with E-state index in [-0.39, 0.29) is 5.69 Å². The standard InChI is InChI=1S/C21H26F3N3O2S/c22-21(23,24)19-13-18(9-10-20(19)30(25,28)29)26-14-16-7-3-4-8-17(16)15-27-11-5-1-2-6-12-27/h3-4,7-10,13,26H,1-2,5-6,11-12,14-15H2,(H2,25,28,29). The van der Waals surface area contributed by atoms with Crippen LogP contribution in [-0.4, -0.2) is 26.4 Å². The van der Waals surface area contributed by atoms with Crippen molar-refractivity contribution < 1.29 is 21.6 Å². The Bertz CT molecular complexity index is 970. The third-order valence-corrected chi connectivity index (χ3v) is 6.25. The fraction of sp³-hybridized carbons (Fsp3) is 0.429. The second-order valence-electron chi connectivity index (χ2n) is 7.57. The molecule has 0 bridgehead atoms. The summed E-state index contributed by atoms with van der Waals surface area (Å²) in [4.78, 5) is 1.48. The predicted molar refractivity (Wildman–Crippen MR) is 110 cm³/mol.